The van der Waals surface area contributed by atoms with E-state index in [0.29, 0.717) is 11.6 Å². The van der Waals surface area contributed by atoms with Crippen molar-refractivity contribution in [2.75, 3.05) is 16.8 Å². The first kappa shape index (κ1) is 18.1. The molecule has 28 heavy (non-hydrogen) atoms. The van der Waals surface area contributed by atoms with Gasteiger partial charge >= 0.3 is 6.01 Å². The lowest BCUT2D eigenvalue weighted by Crippen LogP contribution is -2.24. The van der Waals surface area contributed by atoms with Gasteiger partial charge < -0.3 is 9.32 Å². The highest BCUT2D eigenvalue weighted by Crippen LogP contribution is 2.32. The highest BCUT2D eigenvalue weighted by Gasteiger charge is 2.35. The molecule has 1 N–H and O–H groups in total. The molecule has 1 saturated heterocycles. The van der Waals surface area contributed by atoms with Crippen LogP contribution < -0.4 is 10.2 Å². The fourth-order valence-electron chi connectivity index (χ4n) is 2.99. The van der Waals surface area contributed by atoms with Crippen LogP contribution in [0.1, 0.15) is 28.6 Å². The first-order valence-electron chi connectivity index (χ1n) is 8.46. The highest BCUT2D eigenvalue weighted by atomic mass is 35.5. The molecule has 0 saturated carbocycles. The van der Waals surface area contributed by atoms with Crippen LogP contribution in [0.15, 0.2) is 52.9 Å². The molecule has 1 aliphatic heterocycles. The van der Waals surface area contributed by atoms with Crippen LogP contribution >= 0.6 is 11.6 Å². The van der Waals surface area contributed by atoms with Crippen LogP contribution in [0.4, 0.5) is 16.1 Å². The lowest BCUT2D eigenvalue weighted by Gasteiger charge is -2.15. The summed E-state index contributed by atoms with van der Waals surface area (Å²) in [4.78, 5) is 26.1. The summed E-state index contributed by atoms with van der Waals surface area (Å²) in [5.41, 5.74) is 0.862. The van der Waals surface area contributed by atoms with Crippen molar-refractivity contribution in [3.8, 4) is 0 Å². The molecule has 2 heterocycles. The molecule has 0 radical (unpaired) electrons. The van der Waals surface area contributed by atoms with E-state index >= 15 is 0 Å². The minimum Gasteiger partial charge on any atom is -0.407 e. The third-order valence-electron chi connectivity index (χ3n) is 4.36. The number of hydrogen-bond donors (Lipinski definition) is 1. The molecule has 2 aromatic carbocycles. The predicted octanol–water partition coefficient (Wildman–Crippen LogP) is 3.63. The molecule has 4 rings (SSSR count). The lowest BCUT2D eigenvalue weighted by molar-refractivity contribution is -0.117. The zero-order chi connectivity index (χ0) is 19.7. The average molecular weight is 401 g/mol. The van der Waals surface area contributed by atoms with Gasteiger partial charge in [-0.2, -0.15) is 0 Å². The average Bonchev–Trinajstić information content (AvgIpc) is 3.29. The Morgan fingerprint density at radius 2 is 2.00 bits per heavy atom. The van der Waals surface area contributed by atoms with Gasteiger partial charge in [-0.15, -0.1) is 5.10 Å². The molecule has 0 aliphatic carbocycles. The van der Waals surface area contributed by atoms with E-state index in [2.05, 4.69) is 15.5 Å². The Morgan fingerprint density at radius 3 is 2.75 bits per heavy atom. The highest BCUT2D eigenvalue weighted by molar-refractivity contribution is 6.30. The fourth-order valence-corrected chi connectivity index (χ4v) is 3.12. The predicted molar refractivity (Wildman–Crippen MR) is 99.8 cm³/mol. The summed E-state index contributed by atoms with van der Waals surface area (Å²) in [5, 5.41) is 10.7. The van der Waals surface area contributed by atoms with Crippen molar-refractivity contribution in [3.05, 3.63) is 70.8 Å². The molecular formula is C19H14ClFN4O3. The lowest BCUT2D eigenvalue weighted by atomic mass is 10.1. The zero-order valence-electron chi connectivity index (χ0n) is 14.4. The Hall–Kier alpha value is -3.26. The number of rotatable bonds is 4. The SMILES string of the molecule is O=C(Nc1nnc([C@@H]2CC(=O)N(c3ccc(Cl)cc3)C2)o1)c1cccc(F)c1. The number of nitrogens with one attached hydrogen (secondary N) is 1. The summed E-state index contributed by atoms with van der Waals surface area (Å²) in [5.74, 6) is -1.21. The summed E-state index contributed by atoms with van der Waals surface area (Å²) in [6.45, 7) is 0.375. The van der Waals surface area contributed by atoms with E-state index in [1.165, 1.54) is 18.2 Å². The van der Waals surface area contributed by atoms with Crippen LogP contribution in [0, 0.1) is 5.82 Å². The van der Waals surface area contributed by atoms with Crippen molar-refractivity contribution < 1.29 is 18.4 Å². The van der Waals surface area contributed by atoms with Gasteiger partial charge in [0, 0.05) is 29.2 Å². The van der Waals surface area contributed by atoms with E-state index in [9.17, 15) is 14.0 Å². The molecule has 0 spiro atoms. The Balaban J connectivity index is 1.45. The Labute approximate surface area is 164 Å². The molecule has 0 unspecified atom stereocenters. The van der Waals surface area contributed by atoms with Gasteiger partial charge in [0.25, 0.3) is 5.91 Å². The number of carbonyl (C=O) groups excluding carboxylic acids is 2. The van der Waals surface area contributed by atoms with Crippen LogP contribution in [-0.2, 0) is 4.79 Å². The van der Waals surface area contributed by atoms with Crippen LogP contribution in [0.2, 0.25) is 5.02 Å². The van der Waals surface area contributed by atoms with E-state index < -0.39 is 11.7 Å². The van der Waals surface area contributed by atoms with E-state index in [4.69, 9.17) is 16.0 Å². The summed E-state index contributed by atoms with van der Waals surface area (Å²) in [7, 11) is 0. The van der Waals surface area contributed by atoms with Gasteiger partial charge in [0.15, 0.2) is 0 Å². The van der Waals surface area contributed by atoms with Gasteiger partial charge in [-0.05, 0) is 42.5 Å². The normalized spacial score (nSPS) is 16.4. The number of anilines is 2. The minimum absolute atomic E-state index is 0.0733. The summed E-state index contributed by atoms with van der Waals surface area (Å²) >= 11 is 5.88. The van der Waals surface area contributed by atoms with Gasteiger partial charge in [-0.1, -0.05) is 22.8 Å². The molecule has 1 aromatic heterocycles. The molecular weight excluding hydrogens is 387 g/mol. The van der Waals surface area contributed by atoms with Crippen molar-refractivity contribution in [1.82, 2.24) is 10.2 Å². The van der Waals surface area contributed by atoms with Gasteiger partial charge in [0.2, 0.25) is 11.8 Å². The first-order valence-corrected chi connectivity index (χ1v) is 8.83. The molecule has 9 heteroatoms. The molecule has 1 aliphatic rings. The maximum Gasteiger partial charge on any atom is 0.322 e. The van der Waals surface area contributed by atoms with Crippen molar-refractivity contribution in [2.24, 2.45) is 0 Å². The second-order valence-corrected chi connectivity index (χ2v) is 6.73. The summed E-state index contributed by atoms with van der Waals surface area (Å²) in [6, 6.07) is 12.1. The Kier molecular flexibility index (Phi) is 4.79. The molecule has 7 nitrogen and oxygen atoms in total. The molecule has 3 aromatic rings. The maximum atomic E-state index is 13.2. The standard InChI is InChI=1S/C19H14ClFN4O3/c20-13-4-6-15(7-5-13)25-10-12(9-16(25)26)18-23-24-19(28-18)22-17(27)11-2-1-3-14(21)8-11/h1-8,12H,9-10H2,(H,22,24,27)/t12-/m1/s1. The number of nitrogens with zero attached hydrogens (tertiary/aromatic N) is 3. The van der Waals surface area contributed by atoms with Gasteiger partial charge in [-0.25, -0.2) is 4.39 Å². The van der Waals surface area contributed by atoms with Gasteiger partial charge in [0.1, 0.15) is 5.82 Å². The molecule has 1 fully saturated rings. The van der Waals surface area contributed by atoms with Crippen molar-refractivity contribution in [1.29, 1.82) is 0 Å². The zero-order valence-corrected chi connectivity index (χ0v) is 15.2. The van der Waals surface area contributed by atoms with Crippen LogP contribution in [0.25, 0.3) is 0 Å². The van der Waals surface area contributed by atoms with Crippen LogP contribution in [-0.4, -0.2) is 28.6 Å². The number of aromatic nitrogens is 2. The maximum absolute atomic E-state index is 13.2. The van der Waals surface area contributed by atoms with E-state index in [1.807, 2.05) is 0 Å². The van der Waals surface area contributed by atoms with Crippen molar-refractivity contribution in [3.63, 3.8) is 0 Å². The number of hydrogen-bond acceptors (Lipinski definition) is 5. The van der Waals surface area contributed by atoms with Crippen LogP contribution in [0.5, 0.6) is 0 Å². The number of halogens is 2. The fraction of sp³-hybridized carbons (Fsp3) is 0.158. The van der Waals surface area contributed by atoms with Gasteiger partial charge in [0.05, 0.1) is 5.92 Å². The van der Waals surface area contributed by atoms with Gasteiger partial charge in [-0.3, -0.25) is 14.9 Å². The molecule has 2 amide bonds. The third kappa shape index (κ3) is 3.72. The van der Waals surface area contributed by atoms with Crippen LogP contribution in [0.3, 0.4) is 0 Å². The third-order valence-corrected chi connectivity index (χ3v) is 4.61. The number of amides is 2. The van der Waals surface area contributed by atoms with E-state index in [-0.39, 0.29) is 35.7 Å². The van der Waals surface area contributed by atoms with E-state index in [0.717, 1.165) is 11.8 Å². The second-order valence-electron chi connectivity index (χ2n) is 6.29. The first-order chi connectivity index (χ1) is 13.5. The Morgan fingerprint density at radius 1 is 1.21 bits per heavy atom. The molecule has 1 atom stereocenters. The van der Waals surface area contributed by atoms with Crippen molar-refractivity contribution >= 4 is 35.1 Å². The molecule has 142 valence electrons. The Bertz CT molecular complexity index is 1040. The molecule has 0 bridgehead atoms. The monoisotopic (exact) mass is 400 g/mol. The second kappa shape index (κ2) is 7.40. The van der Waals surface area contributed by atoms with Crippen molar-refractivity contribution in [2.45, 2.75) is 12.3 Å². The smallest absolute Gasteiger partial charge is 0.322 e. The topological polar surface area (TPSA) is 88.3 Å². The minimum atomic E-state index is -0.569. The number of benzene rings is 2. The quantitative estimate of drug-likeness (QED) is 0.722. The summed E-state index contributed by atoms with van der Waals surface area (Å²) in [6.07, 6.45) is 0.210. The summed E-state index contributed by atoms with van der Waals surface area (Å²) < 4.78 is 18.7. The van der Waals surface area contributed by atoms with E-state index in [1.54, 1.807) is 29.2 Å². The largest absolute Gasteiger partial charge is 0.407 e. The number of carbonyl (C=O) groups is 2.